The predicted octanol–water partition coefficient (Wildman–Crippen LogP) is 3.61. The van der Waals surface area contributed by atoms with E-state index in [1.807, 2.05) is 18.2 Å². The summed E-state index contributed by atoms with van der Waals surface area (Å²) in [6.07, 6.45) is 1.57. The lowest BCUT2D eigenvalue weighted by atomic mass is 9.67. The van der Waals surface area contributed by atoms with Crippen molar-refractivity contribution in [3.63, 3.8) is 0 Å². The summed E-state index contributed by atoms with van der Waals surface area (Å²) in [6.45, 7) is 0.302. The minimum atomic E-state index is -0.711. The maximum atomic E-state index is 13.9. The summed E-state index contributed by atoms with van der Waals surface area (Å²) in [5, 5.41) is 10.6. The molecule has 146 valence electrons. The van der Waals surface area contributed by atoms with Crippen LogP contribution in [0.5, 0.6) is 5.75 Å². The van der Waals surface area contributed by atoms with Crippen molar-refractivity contribution >= 4 is 17.6 Å². The van der Waals surface area contributed by atoms with Crippen LogP contribution in [-0.2, 0) is 10.3 Å². The van der Waals surface area contributed by atoms with Gasteiger partial charge in [0.25, 0.3) is 6.02 Å². The fourth-order valence-corrected chi connectivity index (χ4v) is 4.99. The Morgan fingerprint density at radius 3 is 2.79 bits per heavy atom. The molecule has 5 rings (SSSR count). The topological polar surface area (TPSA) is 77.1 Å². The molecule has 28 heavy (non-hydrogen) atoms. The first-order valence-corrected chi connectivity index (χ1v) is 9.76. The number of nitrogens with zero attached hydrogens (tertiary/aromatic N) is 1. The minimum Gasteiger partial charge on any atom is -0.490 e. The first kappa shape index (κ1) is 17.8. The largest absolute Gasteiger partial charge is 0.490 e. The zero-order valence-corrected chi connectivity index (χ0v) is 15.8. The molecule has 1 fully saturated rings. The third-order valence-corrected chi connectivity index (χ3v) is 6.26. The van der Waals surface area contributed by atoms with E-state index in [0.29, 0.717) is 30.0 Å². The maximum absolute atomic E-state index is 13.9. The number of aliphatic hydroxyl groups excluding tert-OH is 1. The highest BCUT2D eigenvalue weighted by Crippen LogP contribution is 2.53. The molecular formula is C21H20ClFN2O3. The smallest absolute Gasteiger partial charge is 0.283 e. The van der Waals surface area contributed by atoms with Crippen molar-refractivity contribution in [2.75, 3.05) is 6.61 Å². The van der Waals surface area contributed by atoms with E-state index in [0.717, 1.165) is 23.3 Å². The summed E-state index contributed by atoms with van der Waals surface area (Å²) >= 11 is 6.04. The number of fused-ring (bicyclic) bond motifs is 4. The summed E-state index contributed by atoms with van der Waals surface area (Å²) in [4.78, 5) is 4.69. The van der Waals surface area contributed by atoms with Crippen LogP contribution in [-0.4, -0.2) is 29.9 Å². The van der Waals surface area contributed by atoms with Crippen molar-refractivity contribution in [3.05, 3.63) is 52.8 Å². The lowest BCUT2D eigenvalue weighted by molar-refractivity contribution is -0.0359. The number of aliphatic hydroxyl groups is 1. The molecule has 0 bridgehead atoms. The Kier molecular flexibility index (Phi) is 4.03. The quantitative estimate of drug-likeness (QED) is 0.764. The SMILES string of the molecule is NC1=NC2(CO1)c1cc(-c3cc(F)cc(Cl)c3)ccc1O[C@H]1CCC(O)C[C@@H]12. The fraction of sp³-hybridized carbons (Fsp3) is 0.381. The van der Waals surface area contributed by atoms with E-state index < -0.39 is 17.5 Å². The number of rotatable bonds is 1. The number of ether oxygens (including phenoxy) is 2. The van der Waals surface area contributed by atoms with Crippen LogP contribution in [0.2, 0.25) is 5.02 Å². The van der Waals surface area contributed by atoms with Crippen LogP contribution in [0.4, 0.5) is 4.39 Å². The van der Waals surface area contributed by atoms with Crippen LogP contribution in [0, 0.1) is 11.7 Å². The summed E-state index contributed by atoms with van der Waals surface area (Å²) in [7, 11) is 0. The van der Waals surface area contributed by atoms with Gasteiger partial charge < -0.3 is 20.3 Å². The minimum absolute atomic E-state index is 0.0452. The summed E-state index contributed by atoms with van der Waals surface area (Å²) in [5.41, 5.74) is 7.51. The molecule has 0 amide bonds. The average Bonchev–Trinajstić information content (AvgIpc) is 3.04. The Bertz CT molecular complexity index is 962. The molecule has 2 aromatic carbocycles. The van der Waals surface area contributed by atoms with E-state index >= 15 is 0 Å². The van der Waals surface area contributed by atoms with E-state index in [1.54, 1.807) is 6.07 Å². The highest BCUT2D eigenvalue weighted by atomic mass is 35.5. The standard InChI is InChI=1S/C21H20ClFN2O3/c22-13-5-12(6-14(23)8-13)11-1-3-18-16(7-11)21(10-27-20(24)25-21)17-9-15(26)2-4-19(17)28-18/h1,3,5-8,15,17,19,26H,2,4,9-10H2,(H2,24,25)/t15?,17-,19-,21?/m0/s1. The third-order valence-electron chi connectivity index (χ3n) is 6.04. The van der Waals surface area contributed by atoms with Gasteiger partial charge in [-0.1, -0.05) is 17.7 Å². The molecule has 1 aliphatic carbocycles. The molecule has 3 N–H and O–H groups in total. The van der Waals surface area contributed by atoms with Gasteiger partial charge in [-0.3, -0.25) is 0 Å². The lowest BCUT2D eigenvalue weighted by Crippen LogP contribution is -2.51. The highest BCUT2D eigenvalue weighted by molar-refractivity contribution is 6.30. The van der Waals surface area contributed by atoms with Crippen LogP contribution >= 0.6 is 11.6 Å². The molecular weight excluding hydrogens is 383 g/mol. The molecule has 2 aliphatic heterocycles. The summed E-state index contributed by atoms with van der Waals surface area (Å²) in [6, 6.07) is 10.3. The van der Waals surface area contributed by atoms with Crippen molar-refractivity contribution in [1.29, 1.82) is 0 Å². The Balaban J connectivity index is 1.67. The Hall–Kier alpha value is -2.31. The molecule has 0 aromatic heterocycles. The van der Waals surface area contributed by atoms with Crippen LogP contribution in [0.15, 0.2) is 41.4 Å². The Morgan fingerprint density at radius 1 is 1.18 bits per heavy atom. The molecule has 7 heteroatoms. The lowest BCUT2D eigenvalue weighted by Gasteiger charge is -2.47. The second-order valence-electron chi connectivity index (χ2n) is 7.76. The molecule has 0 radical (unpaired) electrons. The van der Waals surface area contributed by atoms with Crippen LogP contribution in [0.25, 0.3) is 11.1 Å². The second-order valence-corrected chi connectivity index (χ2v) is 8.20. The van der Waals surface area contributed by atoms with E-state index in [-0.39, 0.29) is 18.0 Å². The van der Waals surface area contributed by atoms with Gasteiger partial charge in [0.2, 0.25) is 0 Å². The van der Waals surface area contributed by atoms with Crippen LogP contribution < -0.4 is 10.5 Å². The molecule has 2 unspecified atom stereocenters. The first-order valence-electron chi connectivity index (χ1n) is 9.38. The van der Waals surface area contributed by atoms with Gasteiger partial charge in [0.05, 0.1) is 6.10 Å². The number of hydrogen-bond donors (Lipinski definition) is 2. The first-order chi connectivity index (χ1) is 13.4. The molecule has 2 aromatic rings. The van der Waals surface area contributed by atoms with Crippen LogP contribution in [0.1, 0.15) is 24.8 Å². The predicted molar refractivity (Wildman–Crippen MR) is 104 cm³/mol. The Labute approximate surface area is 166 Å². The Morgan fingerprint density at radius 2 is 2.04 bits per heavy atom. The van der Waals surface area contributed by atoms with Crippen LogP contribution in [0.3, 0.4) is 0 Å². The monoisotopic (exact) mass is 402 g/mol. The zero-order valence-electron chi connectivity index (χ0n) is 15.1. The number of halogens is 2. The summed E-state index contributed by atoms with van der Waals surface area (Å²) < 4.78 is 25.7. The normalized spacial score (nSPS) is 30.8. The van der Waals surface area contributed by atoms with E-state index in [2.05, 4.69) is 0 Å². The second kappa shape index (κ2) is 6.36. The molecule has 2 heterocycles. The van der Waals surface area contributed by atoms with Crippen molar-refractivity contribution in [3.8, 4) is 16.9 Å². The van der Waals surface area contributed by atoms with Gasteiger partial charge in [0.15, 0.2) is 0 Å². The van der Waals surface area contributed by atoms with Gasteiger partial charge in [0, 0.05) is 16.5 Å². The van der Waals surface area contributed by atoms with Gasteiger partial charge in [-0.25, -0.2) is 9.38 Å². The number of aliphatic imine (C=N–C) groups is 1. The van der Waals surface area contributed by atoms with Gasteiger partial charge >= 0.3 is 0 Å². The molecule has 4 atom stereocenters. The molecule has 1 spiro atoms. The molecule has 0 saturated heterocycles. The maximum Gasteiger partial charge on any atom is 0.283 e. The van der Waals surface area contributed by atoms with Crippen molar-refractivity contribution < 1.29 is 19.0 Å². The summed E-state index contributed by atoms with van der Waals surface area (Å²) in [5.74, 6) is 0.287. The van der Waals surface area contributed by atoms with Crippen molar-refractivity contribution in [2.24, 2.45) is 16.6 Å². The van der Waals surface area contributed by atoms with Gasteiger partial charge in [-0.2, -0.15) is 0 Å². The molecule has 1 saturated carbocycles. The number of nitrogens with two attached hydrogens (primary N) is 1. The number of hydrogen-bond acceptors (Lipinski definition) is 5. The molecule has 3 aliphatic rings. The van der Waals surface area contributed by atoms with E-state index in [1.165, 1.54) is 12.1 Å². The third kappa shape index (κ3) is 2.74. The van der Waals surface area contributed by atoms with E-state index in [9.17, 15) is 9.50 Å². The fourth-order valence-electron chi connectivity index (χ4n) is 4.77. The number of benzene rings is 2. The molecule has 5 nitrogen and oxygen atoms in total. The van der Waals surface area contributed by atoms with Gasteiger partial charge in [-0.15, -0.1) is 0 Å². The van der Waals surface area contributed by atoms with Crippen molar-refractivity contribution in [2.45, 2.75) is 37.0 Å². The van der Waals surface area contributed by atoms with E-state index in [4.69, 9.17) is 31.8 Å². The van der Waals surface area contributed by atoms with Gasteiger partial charge in [0.1, 0.15) is 29.8 Å². The average molecular weight is 403 g/mol. The van der Waals surface area contributed by atoms with Crippen molar-refractivity contribution in [1.82, 2.24) is 0 Å². The van der Waals surface area contributed by atoms with Gasteiger partial charge in [-0.05, 0) is 60.7 Å². The highest BCUT2D eigenvalue weighted by Gasteiger charge is 2.55. The number of amidine groups is 1. The zero-order chi connectivity index (χ0) is 19.5.